The molecule has 2 N–H and O–H groups in total. The first-order chi connectivity index (χ1) is 8.80. The monoisotopic (exact) mass is 306 g/mol. The minimum absolute atomic E-state index is 0.250. The van der Waals surface area contributed by atoms with Crippen molar-refractivity contribution >= 4 is 21.4 Å². The fourth-order valence-corrected chi connectivity index (χ4v) is 4.05. The summed E-state index contributed by atoms with van der Waals surface area (Å²) in [4.78, 5) is 1.31. The van der Waals surface area contributed by atoms with Gasteiger partial charge in [-0.05, 0) is 33.9 Å². The molecule has 7 heteroatoms. The summed E-state index contributed by atoms with van der Waals surface area (Å²) in [6.45, 7) is 7.09. The summed E-state index contributed by atoms with van der Waals surface area (Å²) in [7, 11) is -1.63. The van der Waals surface area contributed by atoms with Crippen molar-refractivity contribution in [3.8, 4) is 0 Å². The third-order valence-corrected chi connectivity index (χ3v) is 4.98. The molecular formula is C12H22N2O3S2. The molecule has 1 aromatic rings. The number of hydrogen-bond acceptors (Lipinski definition) is 5. The highest BCUT2D eigenvalue weighted by atomic mass is 32.2. The first-order valence-electron chi connectivity index (χ1n) is 6.16. The fourth-order valence-electron chi connectivity index (χ4n) is 1.56. The molecule has 0 saturated carbocycles. The summed E-state index contributed by atoms with van der Waals surface area (Å²) in [5.41, 5.74) is -0.508. The van der Waals surface area contributed by atoms with Gasteiger partial charge in [0.25, 0.3) is 0 Å². The molecule has 1 aromatic heterocycles. The quantitative estimate of drug-likeness (QED) is 0.765. The summed E-state index contributed by atoms with van der Waals surface area (Å²) in [5, 5.41) is 4.65. The molecule has 0 amide bonds. The minimum atomic E-state index is -3.46. The average molecular weight is 306 g/mol. The molecule has 0 bridgehead atoms. The van der Waals surface area contributed by atoms with Crippen molar-refractivity contribution in [2.24, 2.45) is 0 Å². The topological polar surface area (TPSA) is 67.4 Å². The summed E-state index contributed by atoms with van der Waals surface area (Å²) < 4.78 is 32.3. The molecule has 0 aromatic carbocycles. The van der Waals surface area contributed by atoms with E-state index in [4.69, 9.17) is 4.74 Å². The van der Waals surface area contributed by atoms with E-state index in [2.05, 4.69) is 10.0 Å². The van der Waals surface area contributed by atoms with Gasteiger partial charge in [0.15, 0.2) is 0 Å². The number of thiophene rings is 1. The molecule has 0 saturated heterocycles. The molecule has 0 unspecified atom stereocenters. The molecule has 1 heterocycles. The van der Waals surface area contributed by atoms with Crippen LogP contribution in [0.15, 0.2) is 16.3 Å². The van der Waals surface area contributed by atoms with Gasteiger partial charge in [-0.1, -0.05) is 0 Å². The van der Waals surface area contributed by atoms with E-state index in [0.29, 0.717) is 18.0 Å². The number of rotatable bonds is 8. The van der Waals surface area contributed by atoms with Crippen LogP contribution in [0.25, 0.3) is 0 Å². The molecule has 19 heavy (non-hydrogen) atoms. The molecule has 0 spiro atoms. The maximum Gasteiger partial charge on any atom is 0.241 e. The van der Waals surface area contributed by atoms with E-state index < -0.39 is 15.6 Å². The molecule has 0 fully saturated rings. The highest BCUT2D eigenvalue weighted by Gasteiger charge is 2.23. The van der Waals surface area contributed by atoms with Crippen molar-refractivity contribution in [1.29, 1.82) is 0 Å². The summed E-state index contributed by atoms with van der Waals surface area (Å²) in [6, 6.07) is 1.69. The lowest BCUT2D eigenvalue weighted by molar-refractivity contribution is -0.00514. The van der Waals surface area contributed by atoms with Crippen LogP contribution in [0.3, 0.4) is 0 Å². The average Bonchev–Trinajstić information content (AvgIpc) is 2.77. The zero-order valence-corrected chi connectivity index (χ0v) is 13.5. The zero-order valence-electron chi connectivity index (χ0n) is 11.8. The highest BCUT2D eigenvalue weighted by Crippen LogP contribution is 2.19. The first kappa shape index (κ1) is 16.6. The van der Waals surface area contributed by atoms with Crippen LogP contribution >= 0.6 is 11.3 Å². The van der Waals surface area contributed by atoms with Crippen molar-refractivity contribution in [1.82, 2.24) is 10.0 Å². The van der Waals surface area contributed by atoms with Crippen molar-refractivity contribution in [3.63, 3.8) is 0 Å². The molecule has 110 valence electrons. The van der Waals surface area contributed by atoms with Crippen molar-refractivity contribution in [2.45, 2.75) is 37.8 Å². The molecule has 0 aliphatic carbocycles. The Morgan fingerprint density at radius 2 is 2.11 bits per heavy atom. The van der Waals surface area contributed by atoms with Gasteiger partial charge in [0.05, 0.1) is 10.5 Å². The molecule has 0 aliphatic rings. The van der Waals surface area contributed by atoms with Gasteiger partial charge in [0, 0.05) is 30.0 Å². The SMILES string of the molecule is CCOC(C)(C)CNS(=O)(=O)c1csc(CNC)c1. The van der Waals surface area contributed by atoms with Gasteiger partial charge in [-0.3, -0.25) is 0 Å². The van der Waals surface area contributed by atoms with E-state index in [1.807, 2.05) is 27.8 Å². The molecule has 5 nitrogen and oxygen atoms in total. The van der Waals surface area contributed by atoms with Crippen LogP contribution in [-0.2, 0) is 21.3 Å². The number of ether oxygens (including phenoxy) is 1. The fraction of sp³-hybridized carbons (Fsp3) is 0.667. The maximum absolute atomic E-state index is 12.1. The lowest BCUT2D eigenvalue weighted by Gasteiger charge is -2.24. The standard InChI is InChI=1S/C12H22N2O3S2/c1-5-17-12(2,3)9-14-19(15,16)11-6-10(7-13-4)18-8-11/h6,8,13-14H,5,7,9H2,1-4H3. The van der Waals surface area contributed by atoms with Gasteiger partial charge in [0.1, 0.15) is 0 Å². The number of nitrogens with one attached hydrogen (secondary N) is 2. The third-order valence-electron chi connectivity index (χ3n) is 2.51. The van der Waals surface area contributed by atoms with E-state index in [1.54, 1.807) is 11.4 Å². The highest BCUT2D eigenvalue weighted by molar-refractivity contribution is 7.89. The Kier molecular flexibility index (Phi) is 5.94. The second kappa shape index (κ2) is 6.81. The lowest BCUT2D eigenvalue weighted by Crippen LogP contribution is -2.40. The number of hydrogen-bond donors (Lipinski definition) is 2. The Labute approximate surface area is 119 Å². The van der Waals surface area contributed by atoms with E-state index >= 15 is 0 Å². The number of sulfonamides is 1. The third kappa shape index (κ3) is 5.19. The minimum Gasteiger partial charge on any atom is -0.375 e. The second-order valence-electron chi connectivity index (χ2n) is 4.80. The van der Waals surface area contributed by atoms with E-state index in [-0.39, 0.29) is 6.54 Å². The van der Waals surface area contributed by atoms with Gasteiger partial charge in [-0.25, -0.2) is 13.1 Å². The first-order valence-corrected chi connectivity index (χ1v) is 8.52. The van der Waals surface area contributed by atoms with Crippen molar-refractivity contribution < 1.29 is 13.2 Å². The van der Waals surface area contributed by atoms with Crippen molar-refractivity contribution in [3.05, 3.63) is 16.3 Å². The van der Waals surface area contributed by atoms with Crippen LogP contribution in [0, 0.1) is 0 Å². The van der Waals surface area contributed by atoms with Crippen LogP contribution in [0.4, 0.5) is 0 Å². The van der Waals surface area contributed by atoms with E-state index in [1.165, 1.54) is 11.3 Å². The Morgan fingerprint density at radius 1 is 1.42 bits per heavy atom. The largest absolute Gasteiger partial charge is 0.375 e. The van der Waals surface area contributed by atoms with Gasteiger partial charge < -0.3 is 10.1 Å². The molecule has 0 radical (unpaired) electrons. The van der Waals surface area contributed by atoms with Crippen LogP contribution in [-0.4, -0.2) is 34.2 Å². The Morgan fingerprint density at radius 3 is 2.68 bits per heavy atom. The van der Waals surface area contributed by atoms with E-state index in [0.717, 1.165) is 4.88 Å². The Hall–Kier alpha value is -0.470. The lowest BCUT2D eigenvalue weighted by atomic mass is 10.1. The predicted octanol–water partition coefficient (Wildman–Crippen LogP) is 1.56. The Bertz CT molecular complexity index is 495. The summed E-state index contributed by atoms with van der Waals surface area (Å²) in [6.07, 6.45) is 0. The normalized spacial score (nSPS) is 12.8. The smallest absolute Gasteiger partial charge is 0.241 e. The van der Waals surface area contributed by atoms with Gasteiger partial charge in [-0.2, -0.15) is 0 Å². The van der Waals surface area contributed by atoms with Gasteiger partial charge >= 0.3 is 0 Å². The van der Waals surface area contributed by atoms with Crippen LogP contribution in [0.1, 0.15) is 25.6 Å². The molecule has 0 atom stereocenters. The molecular weight excluding hydrogens is 284 g/mol. The zero-order chi connectivity index (χ0) is 14.5. The van der Waals surface area contributed by atoms with Crippen LogP contribution in [0.2, 0.25) is 0 Å². The van der Waals surface area contributed by atoms with Gasteiger partial charge in [0.2, 0.25) is 10.0 Å². The Balaban J connectivity index is 2.70. The maximum atomic E-state index is 12.1. The molecule has 1 rings (SSSR count). The summed E-state index contributed by atoms with van der Waals surface area (Å²) >= 11 is 1.43. The second-order valence-corrected chi connectivity index (χ2v) is 7.56. The molecule has 0 aliphatic heterocycles. The summed E-state index contributed by atoms with van der Waals surface area (Å²) in [5.74, 6) is 0. The van der Waals surface area contributed by atoms with E-state index in [9.17, 15) is 8.42 Å². The van der Waals surface area contributed by atoms with Crippen LogP contribution < -0.4 is 10.0 Å². The predicted molar refractivity (Wildman–Crippen MR) is 78.0 cm³/mol. The van der Waals surface area contributed by atoms with Crippen LogP contribution in [0.5, 0.6) is 0 Å². The van der Waals surface area contributed by atoms with Crippen molar-refractivity contribution in [2.75, 3.05) is 20.2 Å². The van der Waals surface area contributed by atoms with Gasteiger partial charge in [-0.15, -0.1) is 11.3 Å².